The van der Waals surface area contributed by atoms with E-state index in [1.165, 1.54) is 18.9 Å². The monoisotopic (exact) mass is 187 g/mol. The van der Waals surface area contributed by atoms with Gasteiger partial charge in [-0.1, -0.05) is 6.92 Å². The molecule has 13 heavy (non-hydrogen) atoms. The van der Waals surface area contributed by atoms with E-state index in [9.17, 15) is 9.59 Å². The topological polar surface area (TPSA) is 46.6 Å². The molecule has 0 saturated heterocycles. The maximum absolute atomic E-state index is 11.4. The van der Waals surface area contributed by atoms with Gasteiger partial charge >= 0.3 is 5.97 Å². The van der Waals surface area contributed by atoms with Gasteiger partial charge in [-0.3, -0.25) is 4.79 Å². The van der Waals surface area contributed by atoms with Gasteiger partial charge in [0.25, 0.3) is 0 Å². The summed E-state index contributed by atoms with van der Waals surface area (Å²) in [7, 11) is 2.92. The summed E-state index contributed by atoms with van der Waals surface area (Å²) in [6.45, 7) is 4.97. The zero-order valence-electron chi connectivity index (χ0n) is 8.88. The van der Waals surface area contributed by atoms with Crippen molar-refractivity contribution in [2.24, 2.45) is 0 Å². The van der Waals surface area contributed by atoms with Crippen LogP contribution in [-0.4, -0.2) is 36.5 Å². The van der Waals surface area contributed by atoms with E-state index in [1.807, 2.05) is 6.92 Å². The smallest absolute Gasteiger partial charge is 0.331 e. The molecule has 0 aliphatic rings. The quantitative estimate of drug-likeness (QED) is 0.614. The number of ether oxygens (including phenoxy) is 1. The number of hydrogen-bond acceptors (Lipinski definition) is 3. The Bertz CT molecular complexity index is 215. The van der Waals surface area contributed by atoms with Gasteiger partial charge in [0.2, 0.25) is 5.91 Å². The van der Waals surface area contributed by atoms with E-state index in [0.717, 1.165) is 0 Å². The van der Waals surface area contributed by atoms with E-state index >= 15 is 0 Å². The molecule has 0 aromatic heterocycles. The van der Waals surface area contributed by atoms with Gasteiger partial charge in [0.1, 0.15) is 5.54 Å². The summed E-state index contributed by atoms with van der Waals surface area (Å²) in [5, 5.41) is 0. The normalized spacial score (nSPS) is 14.5. The zero-order valence-corrected chi connectivity index (χ0v) is 8.88. The van der Waals surface area contributed by atoms with Gasteiger partial charge in [0.15, 0.2) is 0 Å². The number of esters is 1. The summed E-state index contributed by atoms with van der Waals surface area (Å²) in [6.07, 6.45) is 0.537. The van der Waals surface area contributed by atoms with Gasteiger partial charge in [-0.2, -0.15) is 0 Å². The number of hydrogen-bond donors (Lipinski definition) is 0. The molecule has 0 saturated carbocycles. The third-order valence-corrected chi connectivity index (χ3v) is 2.53. The van der Waals surface area contributed by atoms with Crippen LogP contribution in [0.5, 0.6) is 0 Å². The average molecular weight is 187 g/mol. The molecule has 0 bridgehead atoms. The van der Waals surface area contributed by atoms with Gasteiger partial charge in [-0.25, -0.2) is 4.79 Å². The van der Waals surface area contributed by atoms with Crippen molar-refractivity contribution in [2.45, 2.75) is 32.7 Å². The first-order valence-electron chi connectivity index (χ1n) is 4.23. The van der Waals surface area contributed by atoms with Gasteiger partial charge in [0, 0.05) is 14.0 Å². The Morgan fingerprint density at radius 2 is 1.92 bits per heavy atom. The molecule has 4 heteroatoms. The summed E-state index contributed by atoms with van der Waals surface area (Å²) >= 11 is 0. The number of methoxy groups -OCH3 is 1. The van der Waals surface area contributed by atoms with Crippen LogP contribution in [0, 0.1) is 0 Å². The lowest BCUT2D eigenvalue weighted by atomic mass is 9.97. The fourth-order valence-corrected chi connectivity index (χ4v) is 1.09. The molecule has 1 atom stereocenters. The van der Waals surface area contributed by atoms with Gasteiger partial charge < -0.3 is 9.64 Å². The summed E-state index contributed by atoms with van der Waals surface area (Å²) in [5.74, 6) is -0.526. The van der Waals surface area contributed by atoms with E-state index in [4.69, 9.17) is 0 Å². The molecule has 0 N–H and O–H groups in total. The highest BCUT2D eigenvalue weighted by atomic mass is 16.5. The van der Waals surface area contributed by atoms with Gasteiger partial charge in [-0.05, 0) is 13.3 Å². The Balaban J connectivity index is 4.82. The van der Waals surface area contributed by atoms with Crippen molar-refractivity contribution in [1.29, 1.82) is 0 Å². The van der Waals surface area contributed by atoms with Crippen molar-refractivity contribution in [2.75, 3.05) is 14.2 Å². The van der Waals surface area contributed by atoms with Crippen molar-refractivity contribution in [1.82, 2.24) is 4.90 Å². The predicted octanol–water partition coefficient (Wildman–Crippen LogP) is 0.806. The Morgan fingerprint density at radius 1 is 1.46 bits per heavy atom. The molecular formula is C9H17NO3. The number of carbonyl (C=O) groups excluding carboxylic acids is 2. The second-order valence-corrected chi connectivity index (χ2v) is 3.20. The lowest BCUT2D eigenvalue weighted by Gasteiger charge is -2.34. The minimum absolute atomic E-state index is 0.144. The highest BCUT2D eigenvalue weighted by Gasteiger charge is 2.38. The molecule has 0 rings (SSSR count). The molecule has 1 unspecified atom stereocenters. The van der Waals surface area contributed by atoms with Crippen molar-refractivity contribution in [3.8, 4) is 0 Å². The van der Waals surface area contributed by atoms with Crippen LogP contribution in [0.15, 0.2) is 0 Å². The number of likely N-dealkylation sites (N-methyl/N-ethyl adjacent to an activating group) is 1. The summed E-state index contributed by atoms with van der Waals surface area (Å²) in [5.41, 5.74) is -0.847. The number of rotatable bonds is 3. The first kappa shape index (κ1) is 11.9. The first-order valence-corrected chi connectivity index (χ1v) is 4.23. The van der Waals surface area contributed by atoms with Crippen molar-refractivity contribution in [3.63, 3.8) is 0 Å². The Labute approximate surface area is 78.9 Å². The fraction of sp³-hybridized carbons (Fsp3) is 0.778. The highest BCUT2D eigenvalue weighted by Crippen LogP contribution is 2.19. The van der Waals surface area contributed by atoms with Crippen LogP contribution >= 0.6 is 0 Å². The molecule has 0 spiro atoms. The second-order valence-electron chi connectivity index (χ2n) is 3.20. The van der Waals surface area contributed by atoms with Crippen molar-refractivity contribution >= 4 is 11.9 Å². The van der Waals surface area contributed by atoms with E-state index in [-0.39, 0.29) is 11.9 Å². The molecule has 4 nitrogen and oxygen atoms in total. The maximum atomic E-state index is 11.4. The summed E-state index contributed by atoms with van der Waals surface area (Å²) in [4.78, 5) is 23.9. The molecule has 0 aromatic carbocycles. The van der Waals surface area contributed by atoms with Crippen LogP contribution in [0.3, 0.4) is 0 Å². The molecular weight excluding hydrogens is 170 g/mol. The Morgan fingerprint density at radius 3 is 2.15 bits per heavy atom. The number of amides is 1. The molecule has 0 aromatic rings. The average Bonchev–Trinajstić information content (AvgIpc) is 2.13. The Hall–Kier alpha value is -1.06. The van der Waals surface area contributed by atoms with Crippen molar-refractivity contribution < 1.29 is 14.3 Å². The highest BCUT2D eigenvalue weighted by molar-refractivity contribution is 5.86. The Kier molecular flexibility index (Phi) is 3.91. The predicted molar refractivity (Wildman–Crippen MR) is 49.2 cm³/mol. The molecule has 0 aliphatic carbocycles. The molecule has 1 amide bonds. The van der Waals surface area contributed by atoms with Crippen LogP contribution in [0.2, 0.25) is 0 Å². The minimum atomic E-state index is -0.847. The van der Waals surface area contributed by atoms with E-state index in [0.29, 0.717) is 6.42 Å². The third-order valence-electron chi connectivity index (χ3n) is 2.53. The molecule has 0 fully saturated rings. The van der Waals surface area contributed by atoms with Gasteiger partial charge in [0.05, 0.1) is 7.11 Å². The minimum Gasteiger partial charge on any atom is -0.467 e. The fourth-order valence-electron chi connectivity index (χ4n) is 1.09. The molecule has 0 aliphatic heterocycles. The number of nitrogens with zero attached hydrogens (tertiary/aromatic N) is 1. The van der Waals surface area contributed by atoms with Crippen LogP contribution in [0.4, 0.5) is 0 Å². The van der Waals surface area contributed by atoms with Gasteiger partial charge in [-0.15, -0.1) is 0 Å². The van der Waals surface area contributed by atoms with Crippen LogP contribution in [0.25, 0.3) is 0 Å². The lowest BCUT2D eigenvalue weighted by Crippen LogP contribution is -2.52. The van der Waals surface area contributed by atoms with E-state index < -0.39 is 5.54 Å². The SMILES string of the molecule is CCC(C)(C(=O)OC)N(C)C(C)=O. The second kappa shape index (κ2) is 4.25. The standard InChI is InChI=1S/C9H17NO3/c1-6-9(3,8(12)13-5)10(4)7(2)11/h6H2,1-5H3. The van der Waals surface area contributed by atoms with Crippen molar-refractivity contribution in [3.05, 3.63) is 0 Å². The zero-order chi connectivity index (χ0) is 10.6. The largest absolute Gasteiger partial charge is 0.467 e. The lowest BCUT2D eigenvalue weighted by molar-refractivity contribution is -0.159. The molecule has 76 valence electrons. The van der Waals surface area contributed by atoms with E-state index in [1.54, 1.807) is 14.0 Å². The summed E-state index contributed by atoms with van der Waals surface area (Å²) < 4.78 is 4.64. The van der Waals surface area contributed by atoms with Crippen LogP contribution in [0.1, 0.15) is 27.2 Å². The molecule has 0 heterocycles. The number of carbonyl (C=O) groups is 2. The van der Waals surface area contributed by atoms with Crippen LogP contribution < -0.4 is 0 Å². The first-order chi connectivity index (χ1) is 5.90. The third kappa shape index (κ3) is 2.20. The molecule has 0 radical (unpaired) electrons. The van der Waals surface area contributed by atoms with E-state index in [2.05, 4.69) is 4.74 Å². The van der Waals surface area contributed by atoms with Crippen LogP contribution in [-0.2, 0) is 14.3 Å². The maximum Gasteiger partial charge on any atom is 0.331 e. The summed E-state index contributed by atoms with van der Waals surface area (Å²) in [6, 6.07) is 0.